The molecule has 4 nitrogen and oxygen atoms in total. The maximum Gasteiger partial charge on any atom is 0.254 e. The number of hydrogen-bond donors (Lipinski definition) is 0. The smallest absolute Gasteiger partial charge is 0.254 e. The zero-order chi connectivity index (χ0) is 18.5. The lowest BCUT2D eigenvalue weighted by molar-refractivity contribution is 0.0678. The van der Waals surface area contributed by atoms with Gasteiger partial charge in [0, 0.05) is 25.3 Å². The monoisotopic (exact) mass is 363 g/mol. The van der Waals surface area contributed by atoms with E-state index >= 15 is 0 Å². The van der Waals surface area contributed by atoms with Gasteiger partial charge in [0.15, 0.2) is 0 Å². The molecule has 0 radical (unpaired) electrons. The molecule has 2 aliphatic heterocycles. The minimum atomic E-state index is 0.0564. The molecule has 0 saturated carbocycles. The zero-order valence-electron chi connectivity index (χ0n) is 15.5. The molecule has 2 aliphatic rings. The lowest BCUT2D eigenvalue weighted by Gasteiger charge is -2.27. The molecule has 1 fully saturated rings. The largest absolute Gasteiger partial charge is 0.491 e. The summed E-state index contributed by atoms with van der Waals surface area (Å²) in [4.78, 5) is 14.8. The Morgan fingerprint density at radius 1 is 1.15 bits per heavy atom. The standard InChI is InChI=1S/C23H25NO3/c25-23(24-13-11-19(12-14-24)18-6-2-1-3-7-18)20-8-4-9-21(16-20)27-17-22-10-5-15-26-22/h1-4,6-9,11,16,22H,5,10,12-15,17H2. The molecule has 1 unspecified atom stereocenters. The molecule has 2 heterocycles. The van der Waals surface area contributed by atoms with Crippen molar-refractivity contribution in [3.63, 3.8) is 0 Å². The van der Waals surface area contributed by atoms with Crippen LogP contribution in [-0.4, -0.2) is 43.2 Å². The molecule has 1 saturated heterocycles. The van der Waals surface area contributed by atoms with Crippen LogP contribution in [0, 0.1) is 0 Å². The molecule has 1 atom stereocenters. The van der Waals surface area contributed by atoms with Gasteiger partial charge < -0.3 is 14.4 Å². The molecule has 0 aliphatic carbocycles. The number of amides is 1. The van der Waals surface area contributed by atoms with Gasteiger partial charge in [0.25, 0.3) is 5.91 Å². The van der Waals surface area contributed by atoms with Crippen molar-refractivity contribution in [2.75, 3.05) is 26.3 Å². The van der Waals surface area contributed by atoms with E-state index in [1.54, 1.807) is 0 Å². The van der Waals surface area contributed by atoms with Crippen molar-refractivity contribution < 1.29 is 14.3 Å². The van der Waals surface area contributed by atoms with Gasteiger partial charge >= 0.3 is 0 Å². The fourth-order valence-electron chi connectivity index (χ4n) is 3.63. The lowest BCUT2D eigenvalue weighted by atomic mass is 9.99. The van der Waals surface area contributed by atoms with Crippen molar-refractivity contribution in [2.24, 2.45) is 0 Å². The van der Waals surface area contributed by atoms with Crippen molar-refractivity contribution in [1.29, 1.82) is 0 Å². The highest BCUT2D eigenvalue weighted by Gasteiger charge is 2.20. The van der Waals surface area contributed by atoms with E-state index < -0.39 is 0 Å². The Morgan fingerprint density at radius 3 is 2.78 bits per heavy atom. The molecule has 27 heavy (non-hydrogen) atoms. The van der Waals surface area contributed by atoms with Crippen LogP contribution >= 0.6 is 0 Å². The summed E-state index contributed by atoms with van der Waals surface area (Å²) < 4.78 is 11.4. The highest BCUT2D eigenvalue weighted by Crippen LogP contribution is 2.24. The van der Waals surface area contributed by atoms with Gasteiger partial charge in [-0.25, -0.2) is 0 Å². The van der Waals surface area contributed by atoms with Gasteiger partial charge in [-0.15, -0.1) is 0 Å². The van der Waals surface area contributed by atoms with E-state index in [1.807, 2.05) is 35.2 Å². The average Bonchev–Trinajstić information content (AvgIpc) is 3.26. The number of carbonyl (C=O) groups is 1. The first-order valence-corrected chi connectivity index (χ1v) is 9.68. The molecule has 140 valence electrons. The van der Waals surface area contributed by atoms with E-state index in [0.29, 0.717) is 18.7 Å². The van der Waals surface area contributed by atoms with E-state index in [4.69, 9.17) is 9.47 Å². The van der Waals surface area contributed by atoms with Crippen molar-refractivity contribution >= 4 is 11.5 Å². The van der Waals surface area contributed by atoms with Gasteiger partial charge in [-0.1, -0.05) is 42.5 Å². The van der Waals surface area contributed by atoms with E-state index in [1.165, 1.54) is 11.1 Å². The maximum absolute atomic E-state index is 12.9. The number of nitrogens with zero attached hydrogens (tertiary/aromatic N) is 1. The van der Waals surface area contributed by atoms with E-state index in [9.17, 15) is 4.79 Å². The predicted octanol–water partition coefficient (Wildman–Crippen LogP) is 4.17. The molecule has 1 amide bonds. The third-order valence-corrected chi connectivity index (χ3v) is 5.18. The second-order valence-electron chi connectivity index (χ2n) is 7.07. The van der Waals surface area contributed by atoms with Crippen molar-refractivity contribution in [3.8, 4) is 5.75 Å². The predicted molar refractivity (Wildman–Crippen MR) is 106 cm³/mol. The van der Waals surface area contributed by atoms with Gasteiger partial charge in [0.05, 0.1) is 6.10 Å². The van der Waals surface area contributed by atoms with Crippen molar-refractivity contribution in [3.05, 3.63) is 71.8 Å². The van der Waals surface area contributed by atoms with Crippen LogP contribution in [0.4, 0.5) is 0 Å². The average molecular weight is 363 g/mol. The minimum Gasteiger partial charge on any atom is -0.491 e. The number of hydrogen-bond acceptors (Lipinski definition) is 3. The highest BCUT2D eigenvalue weighted by molar-refractivity contribution is 5.95. The maximum atomic E-state index is 12.9. The Morgan fingerprint density at radius 2 is 2.04 bits per heavy atom. The summed E-state index contributed by atoms with van der Waals surface area (Å²) in [5.74, 6) is 0.787. The lowest BCUT2D eigenvalue weighted by Crippen LogP contribution is -2.34. The van der Waals surface area contributed by atoms with Gasteiger partial charge in [-0.3, -0.25) is 4.79 Å². The van der Waals surface area contributed by atoms with Crippen LogP contribution in [0.5, 0.6) is 5.75 Å². The number of ether oxygens (including phenoxy) is 2. The molecular formula is C23H25NO3. The highest BCUT2D eigenvalue weighted by atomic mass is 16.5. The topological polar surface area (TPSA) is 38.8 Å². The normalized spacial score (nSPS) is 19.6. The summed E-state index contributed by atoms with van der Waals surface area (Å²) in [7, 11) is 0. The molecule has 0 spiro atoms. The molecular weight excluding hydrogens is 338 g/mol. The third-order valence-electron chi connectivity index (χ3n) is 5.18. The SMILES string of the molecule is O=C(c1cccc(OCC2CCCO2)c1)N1CC=C(c2ccccc2)CC1. The van der Waals surface area contributed by atoms with E-state index in [2.05, 4.69) is 30.3 Å². The van der Waals surface area contributed by atoms with Crippen molar-refractivity contribution in [1.82, 2.24) is 4.90 Å². The van der Waals surface area contributed by atoms with Crippen LogP contribution in [0.3, 0.4) is 0 Å². The van der Waals surface area contributed by atoms with Crippen LogP contribution in [0.1, 0.15) is 35.2 Å². The number of rotatable bonds is 5. The molecule has 0 aromatic heterocycles. The Kier molecular flexibility index (Phi) is 5.54. The first-order valence-electron chi connectivity index (χ1n) is 9.68. The van der Waals surface area contributed by atoms with Gasteiger partial charge in [0.1, 0.15) is 12.4 Å². The molecule has 2 aromatic rings. The second-order valence-corrected chi connectivity index (χ2v) is 7.07. The van der Waals surface area contributed by atoms with Gasteiger partial charge in [-0.2, -0.15) is 0 Å². The Labute approximate surface area is 160 Å². The summed E-state index contributed by atoms with van der Waals surface area (Å²) >= 11 is 0. The quantitative estimate of drug-likeness (QED) is 0.800. The number of benzene rings is 2. The summed E-state index contributed by atoms with van der Waals surface area (Å²) in [5, 5.41) is 0. The molecule has 2 aromatic carbocycles. The van der Waals surface area contributed by atoms with E-state index in [-0.39, 0.29) is 12.0 Å². The van der Waals surface area contributed by atoms with Crippen LogP contribution in [0.2, 0.25) is 0 Å². The summed E-state index contributed by atoms with van der Waals surface area (Å²) in [6.45, 7) is 2.75. The molecule has 0 N–H and O–H groups in total. The first kappa shape index (κ1) is 17.8. The summed E-state index contributed by atoms with van der Waals surface area (Å²) in [6.07, 6.45) is 5.36. The van der Waals surface area contributed by atoms with Crippen LogP contribution in [-0.2, 0) is 4.74 Å². The molecule has 4 rings (SSSR count). The third kappa shape index (κ3) is 4.40. The van der Waals surface area contributed by atoms with Gasteiger partial charge in [-0.05, 0) is 48.6 Å². The second kappa shape index (κ2) is 8.40. The van der Waals surface area contributed by atoms with Gasteiger partial charge in [0.2, 0.25) is 0 Å². The Hall–Kier alpha value is -2.59. The van der Waals surface area contributed by atoms with Crippen LogP contribution < -0.4 is 4.74 Å². The first-order chi connectivity index (χ1) is 13.3. The fourth-order valence-corrected chi connectivity index (χ4v) is 3.63. The summed E-state index contributed by atoms with van der Waals surface area (Å²) in [6, 6.07) is 17.9. The van der Waals surface area contributed by atoms with Crippen molar-refractivity contribution in [2.45, 2.75) is 25.4 Å². The molecule has 4 heteroatoms. The minimum absolute atomic E-state index is 0.0564. The molecule has 0 bridgehead atoms. The zero-order valence-corrected chi connectivity index (χ0v) is 15.5. The Bertz CT molecular complexity index is 809. The van der Waals surface area contributed by atoms with E-state index in [0.717, 1.165) is 38.2 Å². The van der Waals surface area contributed by atoms with Crippen LogP contribution in [0.25, 0.3) is 5.57 Å². The van der Waals surface area contributed by atoms with Crippen LogP contribution in [0.15, 0.2) is 60.7 Å². The fraction of sp³-hybridized carbons (Fsp3) is 0.348. The summed E-state index contributed by atoms with van der Waals surface area (Å²) in [5.41, 5.74) is 3.24. The Balaban J connectivity index is 1.38. The number of carbonyl (C=O) groups excluding carboxylic acids is 1.